The van der Waals surface area contributed by atoms with Gasteiger partial charge in [-0.1, -0.05) is 90.5 Å². The highest BCUT2D eigenvalue weighted by atomic mass is 16.5. The molecule has 0 spiro atoms. The van der Waals surface area contributed by atoms with Crippen molar-refractivity contribution in [3.8, 4) is 11.5 Å². The summed E-state index contributed by atoms with van der Waals surface area (Å²) in [5.41, 5.74) is 7.67. The molecule has 288 valence electrons. The van der Waals surface area contributed by atoms with Gasteiger partial charge in [0.25, 0.3) is 0 Å². The third-order valence-corrected chi connectivity index (χ3v) is 11.3. The molecule has 0 radical (unpaired) electrons. The molecule has 2 N–H and O–H groups in total. The minimum absolute atomic E-state index is 0.226. The van der Waals surface area contributed by atoms with Gasteiger partial charge in [-0.05, 0) is 131 Å². The van der Waals surface area contributed by atoms with E-state index in [0.717, 1.165) is 72.5 Å². The maximum atomic E-state index is 11.9. The number of methoxy groups -OCH3 is 2. The Hall–Kier alpha value is -4.20. The van der Waals surface area contributed by atoms with Gasteiger partial charge in [-0.15, -0.1) is 0 Å². The van der Waals surface area contributed by atoms with Crippen molar-refractivity contribution in [2.45, 2.75) is 63.6 Å². The van der Waals surface area contributed by atoms with Crippen LogP contribution in [0.25, 0.3) is 12.2 Å². The number of hydrogen-bond donors (Lipinski definition) is 2. The number of ether oxygens (including phenoxy) is 2. The monoisotopic (exact) mass is 730 g/mol. The molecular weight excluding hydrogens is 669 g/mol. The molecule has 0 aromatic heterocycles. The van der Waals surface area contributed by atoms with Crippen LogP contribution >= 0.6 is 0 Å². The summed E-state index contributed by atoms with van der Waals surface area (Å²) in [6.07, 6.45) is 9.52. The summed E-state index contributed by atoms with van der Waals surface area (Å²) in [6, 6.07) is 33.0. The lowest BCUT2D eigenvalue weighted by molar-refractivity contribution is 0.0254. The van der Waals surface area contributed by atoms with Gasteiger partial charge in [-0.2, -0.15) is 0 Å². The van der Waals surface area contributed by atoms with E-state index in [1.165, 1.54) is 22.3 Å². The molecule has 2 saturated carbocycles. The molecule has 6 rings (SSSR count). The smallest absolute Gasteiger partial charge is 0.119 e. The molecule has 4 aromatic carbocycles. The molecular formula is C48H62N2O4. The van der Waals surface area contributed by atoms with Crippen LogP contribution in [-0.4, -0.2) is 86.7 Å². The Labute approximate surface area is 324 Å². The Morgan fingerprint density at radius 1 is 0.630 bits per heavy atom. The summed E-state index contributed by atoms with van der Waals surface area (Å²) < 4.78 is 10.7. The highest BCUT2D eigenvalue weighted by Crippen LogP contribution is 2.45. The SMILES string of the molecule is COc1cccc(C=C2CCC(CN(C)C)C2(O)Cc2cccc(C)c2)c1.COc1cccc(C=C2CCC(CN(C)C)C2(O)Cc2ccccc2C)c1. The van der Waals surface area contributed by atoms with Gasteiger partial charge in [-0.3, -0.25) is 0 Å². The van der Waals surface area contributed by atoms with Crippen LogP contribution in [0.1, 0.15) is 59.1 Å². The molecule has 2 aliphatic rings. The van der Waals surface area contributed by atoms with E-state index in [2.05, 4.69) is 125 Å². The van der Waals surface area contributed by atoms with Gasteiger partial charge in [0.2, 0.25) is 0 Å². The molecule has 6 nitrogen and oxygen atoms in total. The van der Waals surface area contributed by atoms with Crippen LogP contribution in [0.5, 0.6) is 11.5 Å². The molecule has 0 amide bonds. The van der Waals surface area contributed by atoms with Crippen molar-refractivity contribution >= 4 is 12.2 Å². The fourth-order valence-corrected chi connectivity index (χ4v) is 8.47. The van der Waals surface area contributed by atoms with Crippen molar-refractivity contribution in [1.29, 1.82) is 0 Å². The first kappa shape index (κ1) is 41.0. The Balaban J connectivity index is 0.000000208. The van der Waals surface area contributed by atoms with E-state index in [4.69, 9.17) is 9.47 Å². The summed E-state index contributed by atoms with van der Waals surface area (Å²) in [5.74, 6) is 2.14. The van der Waals surface area contributed by atoms with E-state index in [1.807, 2.05) is 36.4 Å². The van der Waals surface area contributed by atoms with Crippen LogP contribution in [0.4, 0.5) is 0 Å². The number of aryl methyl sites for hydroxylation is 2. The lowest BCUT2D eigenvalue weighted by Crippen LogP contribution is -2.42. The molecule has 0 aliphatic heterocycles. The van der Waals surface area contributed by atoms with E-state index < -0.39 is 11.2 Å². The zero-order valence-electron chi connectivity index (χ0n) is 33.8. The first-order valence-corrected chi connectivity index (χ1v) is 19.4. The van der Waals surface area contributed by atoms with Crippen LogP contribution in [0.2, 0.25) is 0 Å². The second-order valence-corrected chi connectivity index (χ2v) is 16.0. The minimum Gasteiger partial charge on any atom is -0.497 e. The number of hydrogen-bond acceptors (Lipinski definition) is 6. The summed E-state index contributed by atoms with van der Waals surface area (Å²) in [7, 11) is 11.7. The van der Waals surface area contributed by atoms with Crippen LogP contribution in [0.15, 0.2) is 108 Å². The molecule has 6 heteroatoms. The second kappa shape index (κ2) is 18.4. The van der Waals surface area contributed by atoms with Crippen LogP contribution < -0.4 is 9.47 Å². The Morgan fingerprint density at radius 2 is 1.13 bits per heavy atom. The second-order valence-electron chi connectivity index (χ2n) is 16.0. The van der Waals surface area contributed by atoms with Crippen molar-refractivity contribution in [1.82, 2.24) is 9.80 Å². The predicted octanol–water partition coefficient (Wildman–Crippen LogP) is 8.66. The Morgan fingerprint density at radius 3 is 1.61 bits per heavy atom. The lowest BCUT2D eigenvalue weighted by atomic mass is 9.80. The van der Waals surface area contributed by atoms with Crippen molar-refractivity contribution in [2.24, 2.45) is 11.8 Å². The highest BCUT2D eigenvalue weighted by molar-refractivity contribution is 5.59. The number of aliphatic hydroxyl groups is 2. The average molecular weight is 731 g/mol. The maximum Gasteiger partial charge on any atom is 0.119 e. The third kappa shape index (κ3) is 10.3. The van der Waals surface area contributed by atoms with E-state index in [0.29, 0.717) is 12.8 Å². The summed E-state index contributed by atoms with van der Waals surface area (Å²) in [6.45, 7) is 6.00. The van der Waals surface area contributed by atoms with Crippen LogP contribution in [-0.2, 0) is 12.8 Å². The third-order valence-electron chi connectivity index (χ3n) is 11.3. The van der Waals surface area contributed by atoms with E-state index in [9.17, 15) is 10.2 Å². The summed E-state index contributed by atoms with van der Waals surface area (Å²) in [5, 5.41) is 23.8. The summed E-state index contributed by atoms with van der Waals surface area (Å²) >= 11 is 0. The zero-order valence-corrected chi connectivity index (χ0v) is 33.8. The highest BCUT2D eigenvalue weighted by Gasteiger charge is 2.46. The molecule has 4 aromatic rings. The molecule has 2 aliphatic carbocycles. The lowest BCUT2D eigenvalue weighted by Gasteiger charge is -2.34. The fourth-order valence-electron chi connectivity index (χ4n) is 8.47. The number of rotatable bonds is 12. The van der Waals surface area contributed by atoms with Crippen LogP contribution in [0.3, 0.4) is 0 Å². The molecule has 0 saturated heterocycles. The molecule has 4 unspecified atom stereocenters. The topological polar surface area (TPSA) is 65.4 Å². The molecule has 2 fully saturated rings. The van der Waals surface area contributed by atoms with Gasteiger partial charge in [-0.25, -0.2) is 0 Å². The van der Waals surface area contributed by atoms with E-state index in [1.54, 1.807) is 14.2 Å². The average Bonchev–Trinajstić information content (AvgIpc) is 3.59. The molecule has 0 bridgehead atoms. The summed E-state index contributed by atoms with van der Waals surface area (Å²) in [4.78, 5) is 4.36. The van der Waals surface area contributed by atoms with Crippen LogP contribution in [0, 0.1) is 25.7 Å². The van der Waals surface area contributed by atoms with Crippen molar-refractivity contribution in [3.63, 3.8) is 0 Å². The Kier molecular flexibility index (Phi) is 14.0. The standard InChI is InChI=1S/2C24H31NO2/c1-18-7-5-9-20(13-18)16-24(26)21(11-12-22(24)17-25(2)3)14-19-8-6-10-23(15-19)27-4;1-18-8-5-6-10-20(18)16-24(26)21(12-13-22(24)17-25(2)3)14-19-9-7-11-23(15-19)27-4/h5-10,13-15,22,26H,11-12,16-17H2,1-4H3;5-11,14-15,22,26H,12-13,16-17H2,1-4H3. The molecule has 54 heavy (non-hydrogen) atoms. The fraction of sp³-hybridized carbons (Fsp3) is 0.417. The van der Waals surface area contributed by atoms with E-state index >= 15 is 0 Å². The quantitative estimate of drug-likeness (QED) is 0.152. The van der Waals surface area contributed by atoms with Gasteiger partial charge in [0.15, 0.2) is 0 Å². The molecule has 0 heterocycles. The van der Waals surface area contributed by atoms with E-state index in [-0.39, 0.29) is 11.8 Å². The first-order valence-electron chi connectivity index (χ1n) is 19.4. The van der Waals surface area contributed by atoms with Gasteiger partial charge in [0.1, 0.15) is 11.5 Å². The number of nitrogens with zero attached hydrogens (tertiary/aromatic N) is 2. The van der Waals surface area contributed by atoms with Crippen molar-refractivity contribution in [3.05, 3.63) is 142 Å². The largest absolute Gasteiger partial charge is 0.497 e. The maximum absolute atomic E-state index is 11.9. The number of benzene rings is 4. The Bertz CT molecular complexity index is 1900. The predicted molar refractivity (Wildman–Crippen MR) is 224 cm³/mol. The van der Waals surface area contributed by atoms with Gasteiger partial charge in [0, 0.05) is 37.8 Å². The van der Waals surface area contributed by atoms with Crippen molar-refractivity contribution in [2.75, 3.05) is 55.5 Å². The minimum atomic E-state index is -0.820. The van der Waals surface area contributed by atoms with Gasteiger partial charge in [0.05, 0.1) is 25.4 Å². The van der Waals surface area contributed by atoms with Crippen molar-refractivity contribution < 1.29 is 19.7 Å². The first-order chi connectivity index (χ1) is 25.8. The molecule has 4 atom stereocenters. The van der Waals surface area contributed by atoms with Gasteiger partial charge >= 0.3 is 0 Å². The van der Waals surface area contributed by atoms with Gasteiger partial charge < -0.3 is 29.5 Å². The zero-order chi connectivity index (χ0) is 38.9. The normalized spacial score (nSPS) is 23.9.